The third-order valence-corrected chi connectivity index (χ3v) is 7.54. The second-order valence-corrected chi connectivity index (χ2v) is 10.4. The summed E-state index contributed by atoms with van der Waals surface area (Å²) in [4.78, 5) is 38.7. The van der Waals surface area contributed by atoms with E-state index in [9.17, 15) is 28.3 Å². The van der Waals surface area contributed by atoms with Crippen molar-refractivity contribution in [2.45, 2.75) is 18.9 Å². The number of benzene rings is 3. The molecule has 2 amide bonds. The van der Waals surface area contributed by atoms with Gasteiger partial charge in [-0.25, -0.2) is 8.78 Å². The van der Waals surface area contributed by atoms with Crippen LogP contribution in [-0.2, 0) is 12.8 Å². The van der Waals surface area contributed by atoms with Crippen molar-refractivity contribution in [3.05, 3.63) is 110 Å². The van der Waals surface area contributed by atoms with Crippen molar-refractivity contribution >= 4 is 46.0 Å². The molecule has 0 radical (unpaired) electrons. The van der Waals surface area contributed by atoms with E-state index in [4.69, 9.17) is 5.11 Å². The number of aryl methyl sites for hydroxylation is 2. The minimum atomic E-state index is -1.09. The molecule has 0 spiro atoms. The molecule has 1 aromatic heterocycles. The molecule has 0 bridgehead atoms. The van der Waals surface area contributed by atoms with Gasteiger partial charge < -0.3 is 26.2 Å². The van der Waals surface area contributed by atoms with E-state index in [0.29, 0.717) is 46.2 Å². The third kappa shape index (κ3) is 6.17. The molecule has 0 saturated heterocycles. The Labute approximate surface area is 237 Å². The first kappa shape index (κ1) is 28.1. The molecule has 11 heteroatoms. The SMILES string of the molecule is O=C(NCC(O)CO)c1ccc2c(c1)C(=O)c1ccc(Nc3cc(NC(=O)c4cccs4)c(F)cc3F)cc1CC2. The molecule has 1 aliphatic rings. The fraction of sp³-hybridized carbons (Fsp3) is 0.167. The molecule has 0 aliphatic heterocycles. The highest BCUT2D eigenvalue weighted by molar-refractivity contribution is 7.12. The summed E-state index contributed by atoms with van der Waals surface area (Å²) in [6, 6.07) is 14.9. The van der Waals surface area contributed by atoms with Gasteiger partial charge in [0.05, 0.1) is 29.0 Å². The van der Waals surface area contributed by atoms with Gasteiger partial charge in [0, 0.05) is 35.0 Å². The number of fused-ring (bicyclic) bond motifs is 2. The van der Waals surface area contributed by atoms with Crippen LogP contribution < -0.4 is 16.0 Å². The number of carbonyl (C=O) groups is 3. The number of anilines is 3. The van der Waals surface area contributed by atoms with Gasteiger partial charge in [0.25, 0.3) is 11.8 Å². The molecule has 0 saturated carbocycles. The first-order valence-corrected chi connectivity index (χ1v) is 13.6. The number of aliphatic hydroxyl groups is 2. The molecule has 8 nitrogen and oxygen atoms in total. The molecule has 5 rings (SSSR count). The summed E-state index contributed by atoms with van der Waals surface area (Å²) in [5.74, 6) is -3.03. The highest BCUT2D eigenvalue weighted by Gasteiger charge is 2.23. The van der Waals surface area contributed by atoms with Gasteiger partial charge in [-0.3, -0.25) is 14.4 Å². The average molecular weight is 578 g/mol. The summed E-state index contributed by atoms with van der Waals surface area (Å²) in [5.41, 5.74) is 2.77. The zero-order valence-electron chi connectivity index (χ0n) is 21.5. The van der Waals surface area contributed by atoms with Gasteiger partial charge in [0.15, 0.2) is 5.78 Å². The largest absolute Gasteiger partial charge is 0.394 e. The van der Waals surface area contributed by atoms with Crippen molar-refractivity contribution in [3.8, 4) is 0 Å². The number of halogens is 2. The van der Waals surface area contributed by atoms with Gasteiger partial charge >= 0.3 is 0 Å². The Bertz CT molecular complexity index is 1640. The predicted octanol–water partition coefficient (Wildman–Crippen LogP) is 4.43. The molecule has 3 aromatic carbocycles. The number of rotatable bonds is 8. The van der Waals surface area contributed by atoms with E-state index in [1.165, 1.54) is 23.5 Å². The number of hydrogen-bond acceptors (Lipinski definition) is 7. The Morgan fingerprint density at radius 2 is 1.68 bits per heavy atom. The smallest absolute Gasteiger partial charge is 0.265 e. The molecule has 1 aliphatic carbocycles. The summed E-state index contributed by atoms with van der Waals surface area (Å²) < 4.78 is 29.1. The van der Waals surface area contributed by atoms with Gasteiger partial charge in [-0.15, -0.1) is 11.3 Å². The quantitative estimate of drug-likeness (QED) is 0.211. The standard InChI is InChI=1S/C30H25F2N3O5S/c31-23-12-24(32)26(35-30(40)27-2-1-9-41-27)13-25(23)34-19-7-8-21-17(10-19)5-3-16-4-6-18(11-22(16)28(21)38)29(39)33-14-20(37)15-36/h1-2,4,6-13,20,34,36-37H,3,5,14-15H2,(H,33,39)(H,35,40). The molecule has 5 N–H and O–H groups in total. The molecule has 1 unspecified atom stereocenters. The van der Waals surface area contributed by atoms with Crippen LogP contribution in [0, 0.1) is 11.6 Å². The van der Waals surface area contributed by atoms with Crippen LogP contribution in [0.1, 0.15) is 47.1 Å². The van der Waals surface area contributed by atoms with Crippen molar-refractivity contribution in [1.29, 1.82) is 0 Å². The molecule has 210 valence electrons. The number of ketones is 1. The van der Waals surface area contributed by atoms with Crippen LogP contribution in [-0.4, -0.2) is 47.1 Å². The van der Waals surface area contributed by atoms with E-state index >= 15 is 0 Å². The first-order valence-electron chi connectivity index (χ1n) is 12.7. The molecule has 4 aromatic rings. The average Bonchev–Trinajstić information content (AvgIpc) is 3.48. The van der Waals surface area contributed by atoms with Crippen LogP contribution in [0.4, 0.5) is 25.8 Å². The molecular formula is C30H25F2N3O5S. The van der Waals surface area contributed by atoms with Gasteiger partial charge in [-0.05, 0) is 71.8 Å². The minimum absolute atomic E-state index is 0.0574. The second kappa shape index (κ2) is 12.0. The van der Waals surface area contributed by atoms with Crippen LogP contribution in [0.25, 0.3) is 0 Å². The Hall–Kier alpha value is -4.45. The minimum Gasteiger partial charge on any atom is -0.394 e. The van der Waals surface area contributed by atoms with Gasteiger partial charge in [0.1, 0.15) is 11.6 Å². The van der Waals surface area contributed by atoms with Crippen LogP contribution in [0.5, 0.6) is 0 Å². The molecule has 1 heterocycles. The Balaban J connectivity index is 1.36. The van der Waals surface area contributed by atoms with E-state index in [-0.39, 0.29) is 29.3 Å². The van der Waals surface area contributed by atoms with Crippen molar-refractivity contribution < 1.29 is 33.4 Å². The predicted molar refractivity (Wildman–Crippen MR) is 151 cm³/mol. The fourth-order valence-corrected chi connectivity index (χ4v) is 5.15. The highest BCUT2D eigenvalue weighted by atomic mass is 32.1. The number of aliphatic hydroxyl groups excluding tert-OH is 2. The summed E-state index contributed by atoms with van der Waals surface area (Å²) in [7, 11) is 0. The Morgan fingerprint density at radius 1 is 0.902 bits per heavy atom. The van der Waals surface area contributed by atoms with E-state index in [1.807, 2.05) is 0 Å². The third-order valence-electron chi connectivity index (χ3n) is 6.67. The van der Waals surface area contributed by atoms with E-state index < -0.39 is 36.2 Å². The van der Waals surface area contributed by atoms with Crippen LogP contribution in [0.15, 0.2) is 66.0 Å². The lowest BCUT2D eigenvalue weighted by Crippen LogP contribution is -2.34. The Morgan fingerprint density at radius 3 is 2.44 bits per heavy atom. The maximum absolute atomic E-state index is 14.7. The topological polar surface area (TPSA) is 128 Å². The molecule has 41 heavy (non-hydrogen) atoms. The lowest BCUT2D eigenvalue weighted by atomic mass is 9.96. The second-order valence-electron chi connectivity index (χ2n) is 9.49. The van der Waals surface area contributed by atoms with Crippen molar-refractivity contribution in [2.75, 3.05) is 23.8 Å². The van der Waals surface area contributed by atoms with Crippen molar-refractivity contribution in [2.24, 2.45) is 0 Å². The summed E-state index contributed by atoms with van der Waals surface area (Å²) in [6.45, 7) is -0.617. The summed E-state index contributed by atoms with van der Waals surface area (Å²) >= 11 is 1.19. The van der Waals surface area contributed by atoms with Crippen molar-refractivity contribution in [1.82, 2.24) is 5.32 Å². The number of nitrogens with one attached hydrogen (secondary N) is 3. The van der Waals surface area contributed by atoms with Gasteiger partial charge in [-0.2, -0.15) is 0 Å². The zero-order chi connectivity index (χ0) is 29.1. The maximum atomic E-state index is 14.7. The zero-order valence-corrected chi connectivity index (χ0v) is 22.4. The van der Waals surface area contributed by atoms with Gasteiger partial charge in [-0.1, -0.05) is 12.1 Å². The number of amides is 2. The van der Waals surface area contributed by atoms with E-state index in [1.54, 1.807) is 47.8 Å². The lowest BCUT2D eigenvalue weighted by molar-refractivity contribution is 0.0802. The lowest BCUT2D eigenvalue weighted by Gasteiger charge is -2.14. The number of thiophene rings is 1. The number of hydrogen-bond donors (Lipinski definition) is 5. The maximum Gasteiger partial charge on any atom is 0.265 e. The van der Waals surface area contributed by atoms with Crippen LogP contribution in [0.2, 0.25) is 0 Å². The van der Waals surface area contributed by atoms with E-state index in [2.05, 4.69) is 16.0 Å². The van der Waals surface area contributed by atoms with Crippen molar-refractivity contribution in [3.63, 3.8) is 0 Å². The normalized spacial score (nSPS) is 13.0. The van der Waals surface area contributed by atoms with Crippen LogP contribution >= 0.6 is 11.3 Å². The van der Waals surface area contributed by atoms with Crippen LogP contribution in [0.3, 0.4) is 0 Å². The molecule has 1 atom stereocenters. The van der Waals surface area contributed by atoms with E-state index in [0.717, 1.165) is 5.56 Å². The highest BCUT2D eigenvalue weighted by Crippen LogP contribution is 2.31. The number of carbonyl (C=O) groups excluding carboxylic acids is 3. The van der Waals surface area contributed by atoms with Gasteiger partial charge in [0.2, 0.25) is 0 Å². The first-order chi connectivity index (χ1) is 19.7. The molecular weight excluding hydrogens is 552 g/mol. The summed E-state index contributed by atoms with van der Waals surface area (Å²) in [5, 5.41) is 28.0. The Kier molecular flexibility index (Phi) is 8.20. The molecule has 0 fully saturated rings. The fourth-order valence-electron chi connectivity index (χ4n) is 4.53. The monoisotopic (exact) mass is 577 g/mol. The summed E-state index contributed by atoms with van der Waals surface area (Å²) in [6.07, 6.45) is -0.0609.